The summed E-state index contributed by atoms with van der Waals surface area (Å²) < 4.78 is 11.1. The summed E-state index contributed by atoms with van der Waals surface area (Å²) in [5, 5.41) is 0. The standard InChI is InChI=1S/C10H22Cl2O2Si/c1-5-7-9(3)13-15(11,12)14-10(4)8-6-2/h9-10H,5-8H2,1-4H3. The van der Waals surface area contributed by atoms with Gasteiger partial charge in [0.15, 0.2) is 0 Å². The zero-order chi connectivity index (χ0) is 11.9. The van der Waals surface area contributed by atoms with Crippen LogP contribution in [-0.2, 0) is 8.85 Å². The molecule has 2 unspecified atom stereocenters. The van der Waals surface area contributed by atoms with Gasteiger partial charge in [-0.15, -0.1) is 0 Å². The zero-order valence-electron chi connectivity index (χ0n) is 10.1. The average molecular weight is 273 g/mol. The Bertz CT molecular complexity index is 152. The molecule has 0 aromatic rings. The summed E-state index contributed by atoms with van der Waals surface area (Å²) in [6.07, 6.45) is 4.18. The van der Waals surface area contributed by atoms with Gasteiger partial charge in [-0.1, -0.05) is 48.8 Å². The van der Waals surface area contributed by atoms with Gasteiger partial charge in [-0.2, -0.15) is 0 Å². The topological polar surface area (TPSA) is 18.5 Å². The molecule has 0 N–H and O–H groups in total. The number of halogens is 2. The van der Waals surface area contributed by atoms with E-state index in [0.29, 0.717) is 0 Å². The van der Waals surface area contributed by atoms with Crippen molar-refractivity contribution in [1.82, 2.24) is 0 Å². The molecular weight excluding hydrogens is 251 g/mol. The molecule has 0 aromatic heterocycles. The maximum Gasteiger partial charge on any atom is 0.551 e. The van der Waals surface area contributed by atoms with Crippen LogP contribution in [0.3, 0.4) is 0 Å². The maximum atomic E-state index is 6.06. The molecule has 5 heteroatoms. The van der Waals surface area contributed by atoms with Crippen LogP contribution in [-0.4, -0.2) is 19.4 Å². The highest BCUT2D eigenvalue weighted by atomic mass is 35.7. The van der Waals surface area contributed by atoms with Crippen molar-refractivity contribution in [2.24, 2.45) is 0 Å². The Hall–Kier alpha value is 0.717. The van der Waals surface area contributed by atoms with E-state index < -0.39 is 7.18 Å². The number of hydrogen-bond acceptors (Lipinski definition) is 2. The molecule has 0 aliphatic rings. The molecule has 2 atom stereocenters. The van der Waals surface area contributed by atoms with Crippen LogP contribution in [0.25, 0.3) is 0 Å². The van der Waals surface area contributed by atoms with Gasteiger partial charge in [-0.3, -0.25) is 0 Å². The molecule has 0 spiro atoms. The largest absolute Gasteiger partial charge is 0.551 e. The summed E-state index contributed by atoms with van der Waals surface area (Å²) in [5.41, 5.74) is 0. The van der Waals surface area contributed by atoms with Crippen LogP contribution in [0.2, 0.25) is 0 Å². The van der Waals surface area contributed by atoms with Gasteiger partial charge < -0.3 is 8.85 Å². The summed E-state index contributed by atoms with van der Waals surface area (Å²) in [6.45, 7) is 8.16. The summed E-state index contributed by atoms with van der Waals surface area (Å²) in [7, 11) is -2.96. The summed E-state index contributed by atoms with van der Waals surface area (Å²) in [5.74, 6) is 0. The first-order valence-corrected chi connectivity index (χ1v) is 9.48. The van der Waals surface area contributed by atoms with E-state index in [4.69, 9.17) is 31.0 Å². The highest BCUT2D eigenvalue weighted by molar-refractivity contribution is 7.39. The molecule has 0 aliphatic heterocycles. The van der Waals surface area contributed by atoms with Crippen molar-refractivity contribution in [3.05, 3.63) is 0 Å². The fraction of sp³-hybridized carbons (Fsp3) is 1.00. The van der Waals surface area contributed by atoms with E-state index in [0.717, 1.165) is 25.7 Å². The molecule has 0 fully saturated rings. The quantitative estimate of drug-likeness (QED) is 0.484. The van der Waals surface area contributed by atoms with Crippen LogP contribution in [0.5, 0.6) is 0 Å². The minimum atomic E-state index is -2.96. The van der Waals surface area contributed by atoms with E-state index in [1.807, 2.05) is 13.8 Å². The number of rotatable bonds is 8. The van der Waals surface area contributed by atoms with Gasteiger partial charge in [0, 0.05) is 12.2 Å². The Morgan fingerprint density at radius 2 is 1.27 bits per heavy atom. The lowest BCUT2D eigenvalue weighted by Crippen LogP contribution is -2.36. The second kappa shape index (κ2) is 7.90. The van der Waals surface area contributed by atoms with Crippen molar-refractivity contribution in [3.63, 3.8) is 0 Å². The fourth-order valence-corrected chi connectivity index (χ4v) is 4.48. The van der Waals surface area contributed by atoms with Crippen LogP contribution in [0.15, 0.2) is 0 Å². The first kappa shape index (κ1) is 15.7. The van der Waals surface area contributed by atoms with E-state index in [1.54, 1.807) is 0 Å². The Morgan fingerprint density at radius 3 is 1.53 bits per heavy atom. The lowest BCUT2D eigenvalue weighted by Gasteiger charge is -2.25. The highest BCUT2D eigenvalue weighted by Crippen LogP contribution is 2.24. The van der Waals surface area contributed by atoms with Crippen LogP contribution >= 0.6 is 22.2 Å². The molecule has 0 aliphatic carbocycles. The summed E-state index contributed by atoms with van der Waals surface area (Å²) in [4.78, 5) is 0. The molecule has 15 heavy (non-hydrogen) atoms. The van der Waals surface area contributed by atoms with Gasteiger partial charge >= 0.3 is 7.18 Å². The number of hydrogen-bond donors (Lipinski definition) is 0. The monoisotopic (exact) mass is 272 g/mol. The average Bonchev–Trinajstić information content (AvgIpc) is 2.01. The summed E-state index contributed by atoms with van der Waals surface area (Å²) >= 11 is 12.1. The third kappa shape index (κ3) is 8.52. The zero-order valence-corrected chi connectivity index (χ0v) is 12.6. The maximum absolute atomic E-state index is 6.06. The van der Waals surface area contributed by atoms with Crippen molar-refractivity contribution in [3.8, 4) is 0 Å². The SMILES string of the molecule is CCCC(C)O[Si](Cl)(Cl)OC(C)CCC. The second-order valence-corrected chi connectivity index (χ2v) is 8.86. The van der Waals surface area contributed by atoms with E-state index >= 15 is 0 Å². The lowest BCUT2D eigenvalue weighted by molar-refractivity contribution is 0.111. The van der Waals surface area contributed by atoms with Crippen LogP contribution in [0, 0.1) is 0 Å². The van der Waals surface area contributed by atoms with Gasteiger partial charge in [0.25, 0.3) is 0 Å². The third-order valence-corrected chi connectivity index (χ3v) is 4.49. The Kier molecular flexibility index (Phi) is 8.28. The molecule has 0 saturated heterocycles. The van der Waals surface area contributed by atoms with Crippen molar-refractivity contribution < 1.29 is 8.85 Å². The van der Waals surface area contributed by atoms with E-state index in [-0.39, 0.29) is 12.2 Å². The van der Waals surface area contributed by atoms with E-state index in [2.05, 4.69) is 13.8 Å². The Morgan fingerprint density at radius 1 is 0.933 bits per heavy atom. The fourth-order valence-electron chi connectivity index (χ4n) is 1.43. The van der Waals surface area contributed by atoms with Crippen molar-refractivity contribution in [2.75, 3.05) is 0 Å². The van der Waals surface area contributed by atoms with Crippen molar-refractivity contribution in [1.29, 1.82) is 0 Å². The highest BCUT2D eigenvalue weighted by Gasteiger charge is 2.37. The molecule has 92 valence electrons. The minimum Gasteiger partial charge on any atom is -0.369 e. The molecule has 0 rings (SSSR count). The van der Waals surface area contributed by atoms with Crippen LogP contribution in [0.1, 0.15) is 53.4 Å². The normalized spacial score (nSPS) is 16.4. The van der Waals surface area contributed by atoms with Gasteiger partial charge in [-0.05, 0) is 26.7 Å². The Balaban J connectivity index is 3.94. The predicted molar refractivity (Wildman–Crippen MR) is 68.4 cm³/mol. The van der Waals surface area contributed by atoms with Crippen molar-refractivity contribution in [2.45, 2.75) is 65.6 Å². The molecule has 0 aromatic carbocycles. The second-order valence-electron chi connectivity index (χ2n) is 3.90. The smallest absolute Gasteiger partial charge is 0.369 e. The van der Waals surface area contributed by atoms with Crippen LogP contribution in [0.4, 0.5) is 0 Å². The van der Waals surface area contributed by atoms with E-state index in [9.17, 15) is 0 Å². The van der Waals surface area contributed by atoms with Crippen LogP contribution < -0.4 is 0 Å². The molecule has 0 heterocycles. The molecule has 0 radical (unpaired) electrons. The van der Waals surface area contributed by atoms with E-state index in [1.165, 1.54) is 0 Å². The predicted octanol–water partition coefficient (Wildman–Crippen LogP) is 4.31. The van der Waals surface area contributed by atoms with Gasteiger partial charge in [0.05, 0.1) is 0 Å². The Labute approximate surface area is 104 Å². The third-order valence-electron chi connectivity index (χ3n) is 2.07. The van der Waals surface area contributed by atoms with Gasteiger partial charge in [-0.25, -0.2) is 0 Å². The molecule has 0 amide bonds. The first-order valence-electron chi connectivity index (χ1n) is 5.64. The molecule has 0 saturated carbocycles. The minimum absolute atomic E-state index is 0.0745. The first-order chi connectivity index (χ1) is 6.91. The summed E-state index contributed by atoms with van der Waals surface area (Å²) in [6, 6.07) is 0. The van der Waals surface area contributed by atoms with Gasteiger partial charge in [0.1, 0.15) is 0 Å². The van der Waals surface area contributed by atoms with Crippen molar-refractivity contribution >= 4 is 29.3 Å². The molecular formula is C10H22Cl2O2Si. The molecule has 2 nitrogen and oxygen atoms in total. The lowest BCUT2D eigenvalue weighted by atomic mass is 10.2. The molecule has 0 bridgehead atoms. The van der Waals surface area contributed by atoms with Gasteiger partial charge in [0.2, 0.25) is 0 Å².